The molecule has 2 aliphatic rings. The van der Waals surface area contributed by atoms with E-state index in [0.717, 1.165) is 5.56 Å². The monoisotopic (exact) mass is 369 g/mol. The van der Waals surface area contributed by atoms with Crippen LogP contribution in [0.1, 0.15) is 35.5 Å². The fraction of sp³-hybridized carbons (Fsp3) is 0.316. The van der Waals surface area contributed by atoms with Crippen molar-refractivity contribution in [1.29, 1.82) is 0 Å². The molecule has 8 nitrogen and oxygen atoms in total. The van der Waals surface area contributed by atoms with Gasteiger partial charge in [0.15, 0.2) is 22.9 Å². The molecule has 0 unspecified atom stereocenters. The number of nitrogens with zero attached hydrogens (tertiary/aromatic N) is 3. The highest BCUT2D eigenvalue weighted by Gasteiger charge is 2.32. The number of fused-ring (bicyclic) bond motifs is 1. The maximum absolute atomic E-state index is 11.8. The highest BCUT2D eigenvalue weighted by molar-refractivity contribution is 6.21. The molecule has 1 saturated heterocycles. The maximum Gasteiger partial charge on any atom is 0.345 e. The number of morpholine rings is 1. The van der Waals surface area contributed by atoms with Crippen LogP contribution in [0.3, 0.4) is 0 Å². The third-order valence-corrected chi connectivity index (χ3v) is 4.52. The van der Waals surface area contributed by atoms with Gasteiger partial charge < -0.3 is 24.3 Å². The predicted molar refractivity (Wildman–Crippen MR) is 99.8 cm³/mol. The number of aromatic hydroxyl groups is 1. The van der Waals surface area contributed by atoms with Crippen LogP contribution in [-0.4, -0.2) is 52.7 Å². The summed E-state index contributed by atoms with van der Waals surface area (Å²) in [6.45, 7) is 4.77. The van der Waals surface area contributed by atoms with Crippen LogP contribution in [0.4, 0.5) is 11.7 Å². The molecule has 0 spiro atoms. The Morgan fingerprint density at radius 3 is 2.78 bits per heavy atom. The number of carbonyl (C=O) groups is 1. The second-order valence-corrected chi connectivity index (χ2v) is 6.69. The summed E-state index contributed by atoms with van der Waals surface area (Å²) >= 11 is 0. The van der Waals surface area contributed by atoms with Crippen molar-refractivity contribution in [3.8, 4) is 5.75 Å². The van der Waals surface area contributed by atoms with Crippen LogP contribution in [-0.2, 0) is 4.74 Å². The average Bonchev–Trinajstić information content (AvgIpc) is 3.16. The lowest BCUT2D eigenvalue weighted by Gasteiger charge is -2.35. The minimum absolute atomic E-state index is 0.0763. The highest BCUT2D eigenvalue weighted by Crippen LogP contribution is 2.40. The molecule has 140 valence electrons. The van der Waals surface area contributed by atoms with E-state index in [1.807, 2.05) is 19.9 Å². The fourth-order valence-corrected chi connectivity index (χ4v) is 3.47. The molecule has 1 fully saturated rings. The summed E-state index contributed by atoms with van der Waals surface area (Å²) in [4.78, 5) is 21.9. The Hall–Kier alpha value is -3.13. The molecule has 27 heavy (non-hydrogen) atoms. The average molecular weight is 369 g/mol. The third kappa shape index (κ3) is 3.08. The number of aromatic carboxylic acids is 1. The van der Waals surface area contributed by atoms with Crippen molar-refractivity contribution in [3.63, 3.8) is 0 Å². The Labute approximate surface area is 155 Å². The first kappa shape index (κ1) is 17.3. The van der Waals surface area contributed by atoms with Gasteiger partial charge in [0.2, 0.25) is 5.88 Å². The van der Waals surface area contributed by atoms with Gasteiger partial charge in [-0.15, -0.1) is 0 Å². The minimum atomic E-state index is -1.25. The topological polar surface area (TPSA) is 108 Å². The number of aromatic nitrogens is 1. The van der Waals surface area contributed by atoms with Gasteiger partial charge in [0.25, 0.3) is 0 Å². The molecule has 8 heteroatoms. The molecule has 2 atom stereocenters. The Balaban J connectivity index is 1.77. The van der Waals surface area contributed by atoms with Gasteiger partial charge in [-0.1, -0.05) is 0 Å². The molecule has 0 saturated carbocycles. The first-order chi connectivity index (χ1) is 12.9. The van der Waals surface area contributed by atoms with Crippen molar-refractivity contribution in [3.05, 3.63) is 35.2 Å². The van der Waals surface area contributed by atoms with Crippen LogP contribution in [0.15, 0.2) is 27.7 Å². The molecule has 0 bridgehead atoms. The zero-order chi connectivity index (χ0) is 19.1. The summed E-state index contributed by atoms with van der Waals surface area (Å²) in [6, 6.07) is 3.64. The van der Waals surface area contributed by atoms with E-state index in [0.29, 0.717) is 24.5 Å². The summed E-state index contributed by atoms with van der Waals surface area (Å²) < 4.78 is 11.5. The summed E-state index contributed by atoms with van der Waals surface area (Å²) in [5.41, 5.74) is 1.24. The Morgan fingerprint density at radius 1 is 1.33 bits per heavy atom. The van der Waals surface area contributed by atoms with Crippen molar-refractivity contribution in [2.75, 3.05) is 18.0 Å². The Kier molecular flexibility index (Phi) is 4.19. The zero-order valence-electron chi connectivity index (χ0n) is 14.9. The van der Waals surface area contributed by atoms with Gasteiger partial charge in [-0.2, -0.15) is 0 Å². The van der Waals surface area contributed by atoms with Gasteiger partial charge in [0.05, 0.1) is 12.2 Å². The van der Waals surface area contributed by atoms with Gasteiger partial charge in [-0.05, 0) is 32.1 Å². The highest BCUT2D eigenvalue weighted by atomic mass is 16.5. The van der Waals surface area contributed by atoms with E-state index in [2.05, 4.69) is 9.98 Å². The molecule has 2 aliphatic heterocycles. The lowest BCUT2D eigenvalue weighted by Crippen LogP contribution is -2.45. The molecule has 4 heterocycles. The number of furan rings is 1. The fourth-order valence-electron chi connectivity index (χ4n) is 3.47. The number of carboxylic acid groups (broad SMARTS) is 1. The number of hydrogen-bond acceptors (Lipinski definition) is 7. The molecule has 0 radical (unpaired) electrons. The van der Waals surface area contributed by atoms with E-state index in [4.69, 9.17) is 9.15 Å². The number of ether oxygens (including phenoxy) is 1. The SMILES string of the molecule is C[C@@H]1CN(c2oc(C=C3C=Nc4ncccc43)c(O)c2C(=O)O)C[C@H](C)O1. The summed E-state index contributed by atoms with van der Waals surface area (Å²) in [7, 11) is 0. The van der Waals surface area contributed by atoms with Crippen LogP contribution in [0.25, 0.3) is 11.6 Å². The second kappa shape index (κ2) is 6.55. The normalized spacial score (nSPS) is 23.0. The first-order valence-electron chi connectivity index (χ1n) is 8.64. The smallest absolute Gasteiger partial charge is 0.345 e. The van der Waals surface area contributed by atoms with Crippen molar-refractivity contribution >= 4 is 35.5 Å². The number of aliphatic imine (C=N–C) groups is 1. The van der Waals surface area contributed by atoms with Gasteiger partial charge in [-0.3, -0.25) is 0 Å². The molecule has 0 aromatic carbocycles. The van der Waals surface area contributed by atoms with E-state index >= 15 is 0 Å². The lowest BCUT2D eigenvalue weighted by atomic mass is 10.1. The lowest BCUT2D eigenvalue weighted by molar-refractivity contribution is -0.00653. The van der Waals surface area contributed by atoms with E-state index in [-0.39, 0.29) is 29.4 Å². The van der Waals surface area contributed by atoms with Crippen molar-refractivity contribution in [2.45, 2.75) is 26.1 Å². The summed E-state index contributed by atoms with van der Waals surface area (Å²) in [6.07, 6.45) is 4.67. The minimum Gasteiger partial charge on any atom is -0.504 e. The maximum atomic E-state index is 11.8. The summed E-state index contributed by atoms with van der Waals surface area (Å²) in [5, 5.41) is 20.1. The molecular formula is C19H19N3O5. The van der Waals surface area contributed by atoms with E-state index < -0.39 is 11.7 Å². The third-order valence-electron chi connectivity index (χ3n) is 4.52. The standard InChI is InChI=1S/C19H19N3O5/c1-10-8-22(9-11(2)26-10)18-15(19(24)25)16(23)14(27-18)6-12-7-21-17-13(12)4-3-5-20-17/h3-7,10-11,23H,8-9H2,1-2H3,(H,24,25)/t10-,11+. The van der Waals surface area contributed by atoms with Crippen molar-refractivity contribution < 1.29 is 24.2 Å². The van der Waals surface area contributed by atoms with Crippen molar-refractivity contribution in [1.82, 2.24) is 4.98 Å². The number of rotatable bonds is 3. The quantitative estimate of drug-likeness (QED) is 0.856. The van der Waals surface area contributed by atoms with Crippen LogP contribution >= 0.6 is 0 Å². The zero-order valence-corrected chi connectivity index (χ0v) is 14.9. The molecule has 2 aromatic rings. The predicted octanol–water partition coefficient (Wildman–Crippen LogP) is 2.95. The van der Waals surface area contributed by atoms with Gasteiger partial charge in [-0.25, -0.2) is 14.8 Å². The van der Waals surface area contributed by atoms with E-state index in [1.165, 1.54) is 0 Å². The van der Waals surface area contributed by atoms with E-state index in [9.17, 15) is 15.0 Å². The van der Waals surface area contributed by atoms with Crippen LogP contribution < -0.4 is 4.90 Å². The molecule has 0 amide bonds. The van der Waals surface area contributed by atoms with Crippen LogP contribution in [0, 0.1) is 0 Å². The largest absolute Gasteiger partial charge is 0.504 e. The van der Waals surface area contributed by atoms with Gasteiger partial charge >= 0.3 is 5.97 Å². The van der Waals surface area contributed by atoms with Crippen LogP contribution in [0.2, 0.25) is 0 Å². The van der Waals surface area contributed by atoms with Gasteiger partial charge in [0.1, 0.15) is 0 Å². The summed E-state index contributed by atoms with van der Waals surface area (Å²) in [5.74, 6) is -0.862. The number of pyridine rings is 1. The van der Waals surface area contributed by atoms with Crippen molar-refractivity contribution in [2.24, 2.45) is 4.99 Å². The first-order valence-corrected chi connectivity index (χ1v) is 8.64. The molecule has 2 aromatic heterocycles. The molecule has 2 N–H and O–H groups in total. The number of anilines is 1. The van der Waals surface area contributed by atoms with Crippen LogP contribution in [0.5, 0.6) is 5.75 Å². The Bertz CT molecular complexity index is 952. The number of hydrogen-bond donors (Lipinski definition) is 2. The number of allylic oxidation sites excluding steroid dienone is 1. The Morgan fingerprint density at radius 2 is 2.07 bits per heavy atom. The number of carboxylic acids is 1. The second-order valence-electron chi connectivity index (χ2n) is 6.69. The molecule has 0 aliphatic carbocycles. The van der Waals surface area contributed by atoms with Gasteiger partial charge in [0, 0.05) is 36.6 Å². The molecular weight excluding hydrogens is 350 g/mol. The van der Waals surface area contributed by atoms with E-state index in [1.54, 1.807) is 29.5 Å². The molecule has 4 rings (SSSR count).